The van der Waals surface area contributed by atoms with Crippen molar-refractivity contribution in [3.63, 3.8) is 0 Å². The lowest BCUT2D eigenvalue weighted by molar-refractivity contribution is 0.410. The highest BCUT2D eigenvalue weighted by Crippen LogP contribution is 2.28. The third kappa shape index (κ3) is 2.33. The fourth-order valence-corrected chi connectivity index (χ4v) is 3.34. The summed E-state index contributed by atoms with van der Waals surface area (Å²) in [4.78, 5) is 0.0218. The summed E-state index contributed by atoms with van der Waals surface area (Å²) in [6.07, 6.45) is 0. The van der Waals surface area contributed by atoms with Crippen LogP contribution in [0.3, 0.4) is 0 Å². The van der Waals surface area contributed by atoms with Gasteiger partial charge in [0, 0.05) is 19.1 Å². The summed E-state index contributed by atoms with van der Waals surface area (Å²) in [5, 5.41) is 3.27. The molecule has 7 heteroatoms. The topological polar surface area (TPSA) is 58.2 Å². The van der Waals surface area contributed by atoms with Crippen LogP contribution < -0.4 is 10.0 Å². The second-order valence-electron chi connectivity index (χ2n) is 3.53. The molecule has 1 heterocycles. The Bertz CT molecular complexity index is 500. The number of rotatable bonds is 3. The third-order valence-corrected chi connectivity index (χ3v) is 4.80. The SMILES string of the molecule is O=S(=O)(NC1CNC1)c1cccc(Cl)c1Cl. The molecule has 0 saturated carbocycles. The van der Waals surface area contributed by atoms with Crippen molar-refractivity contribution >= 4 is 33.2 Å². The fourth-order valence-electron chi connectivity index (χ4n) is 1.35. The zero-order valence-corrected chi connectivity index (χ0v) is 10.5. The Labute approximate surface area is 104 Å². The van der Waals surface area contributed by atoms with Crippen molar-refractivity contribution in [1.82, 2.24) is 10.0 Å². The smallest absolute Gasteiger partial charge is 0.242 e. The first-order chi connectivity index (χ1) is 7.50. The van der Waals surface area contributed by atoms with Gasteiger partial charge in [0.2, 0.25) is 10.0 Å². The Kier molecular flexibility index (Phi) is 3.42. The summed E-state index contributed by atoms with van der Waals surface area (Å²) >= 11 is 11.6. The minimum Gasteiger partial charge on any atom is -0.313 e. The lowest BCUT2D eigenvalue weighted by atomic mass is 10.2. The number of hydrogen-bond donors (Lipinski definition) is 2. The van der Waals surface area contributed by atoms with Crippen molar-refractivity contribution in [2.45, 2.75) is 10.9 Å². The predicted molar refractivity (Wildman–Crippen MR) is 63.4 cm³/mol. The van der Waals surface area contributed by atoms with Crippen molar-refractivity contribution in [2.75, 3.05) is 13.1 Å². The van der Waals surface area contributed by atoms with E-state index in [1.54, 1.807) is 12.1 Å². The Morgan fingerprint density at radius 3 is 2.56 bits per heavy atom. The van der Waals surface area contributed by atoms with Gasteiger partial charge >= 0.3 is 0 Å². The van der Waals surface area contributed by atoms with E-state index >= 15 is 0 Å². The quantitative estimate of drug-likeness (QED) is 0.876. The van der Waals surface area contributed by atoms with Gasteiger partial charge in [0.15, 0.2) is 0 Å². The van der Waals surface area contributed by atoms with Crippen LogP contribution in [0.5, 0.6) is 0 Å². The summed E-state index contributed by atoms with van der Waals surface area (Å²) in [7, 11) is -3.58. The van der Waals surface area contributed by atoms with Crippen LogP contribution in [-0.2, 0) is 10.0 Å². The van der Waals surface area contributed by atoms with Gasteiger partial charge in [-0.3, -0.25) is 0 Å². The Morgan fingerprint density at radius 1 is 1.31 bits per heavy atom. The van der Waals surface area contributed by atoms with Gasteiger partial charge in [-0.15, -0.1) is 0 Å². The molecule has 0 radical (unpaired) electrons. The standard InChI is InChI=1S/C9H10Cl2N2O2S/c10-7-2-1-3-8(9(7)11)16(14,15)13-6-4-12-5-6/h1-3,6,12-13H,4-5H2. The lowest BCUT2D eigenvalue weighted by Crippen LogP contribution is -2.56. The highest BCUT2D eigenvalue weighted by atomic mass is 35.5. The van der Waals surface area contributed by atoms with E-state index in [1.807, 2.05) is 0 Å². The van der Waals surface area contributed by atoms with Crippen molar-refractivity contribution in [3.8, 4) is 0 Å². The molecule has 2 rings (SSSR count). The summed E-state index contributed by atoms with van der Waals surface area (Å²) in [5.41, 5.74) is 0. The molecule has 0 atom stereocenters. The van der Waals surface area contributed by atoms with E-state index in [-0.39, 0.29) is 21.0 Å². The van der Waals surface area contributed by atoms with Crippen molar-refractivity contribution in [2.24, 2.45) is 0 Å². The van der Waals surface area contributed by atoms with E-state index in [0.29, 0.717) is 13.1 Å². The molecule has 0 bridgehead atoms. The fraction of sp³-hybridized carbons (Fsp3) is 0.333. The van der Waals surface area contributed by atoms with Gasteiger partial charge in [0.05, 0.1) is 10.0 Å². The van der Waals surface area contributed by atoms with E-state index in [9.17, 15) is 8.42 Å². The van der Waals surface area contributed by atoms with Crippen LogP contribution in [-0.4, -0.2) is 27.5 Å². The first-order valence-electron chi connectivity index (χ1n) is 4.68. The Morgan fingerprint density at radius 2 is 2.00 bits per heavy atom. The minimum absolute atomic E-state index is 0.0218. The Balaban J connectivity index is 2.31. The maximum atomic E-state index is 11.9. The molecule has 16 heavy (non-hydrogen) atoms. The van der Waals surface area contributed by atoms with Gasteiger partial charge in [-0.25, -0.2) is 13.1 Å². The van der Waals surface area contributed by atoms with Gasteiger partial charge in [-0.05, 0) is 12.1 Å². The summed E-state index contributed by atoms with van der Waals surface area (Å²) in [6.45, 7) is 1.27. The molecule has 4 nitrogen and oxygen atoms in total. The highest BCUT2D eigenvalue weighted by Gasteiger charge is 2.26. The molecule has 0 aromatic heterocycles. The molecule has 2 N–H and O–H groups in total. The second kappa shape index (κ2) is 4.50. The number of halogens is 2. The highest BCUT2D eigenvalue weighted by molar-refractivity contribution is 7.89. The number of benzene rings is 1. The zero-order valence-electron chi connectivity index (χ0n) is 8.20. The van der Waals surface area contributed by atoms with Crippen LogP contribution >= 0.6 is 23.2 Å². The molecule has 0 spiro atoms. The van der Waals surface area contributed by atoms with E-state index < -0.39 is 10.0 Å². The maximum Gasteiger partial charge on any atom is 0.242 e. The van der Waals surface area contributed by atoms with Gasteiger partial charge < -0.3 is 5.32 Å². The molecule has 1 aromatic carbocycles. The van der Waals surface area contributed by atoms with E-state index in [1.165, 1.54) is 6.07 Å². The van der Waals surface area contributed by atoms with E-state index in [0.717, 1.165) is 0 Å². The molecule has 0 aliphatic carbocycles. The van der Waals surface area contributed by atoms with Crippen molar-refractivity contribution in [1.29, 1.82) is 0 Å². The summed E-state index contributed by atoms with van der Waals surface area (Å²) in [6, 6.07) is 4.47. The van der Waals surface area contributed by atoms with Crippen LogP contribution in [0.2, 0.25) is 10.0 Å². The first-order valence-corrected chi connectivity index (χ1v) is 6.91. The molecule has 0 amide bonds. The predicted octanol–water partition coefficient (Wildman–Crippen LogP) is 1.24. The number of hydrogen-bond acceptors (Lipinski definition) is 3. The number of nitrogens with one attached hydrogen (secondary N) is 2. The van der Waals surface area contributed by atoms with Gasteiger partial charge in [0.25, 0.3) is 0 Å². The second-order valence-corrected chi connectivity index (χ2v) is 6.00. The van der Waals surface area contributed by atoms with Crippen LogP contribution in [0.4, 0.5) is 0 Å². The van der Waals surface area contributed by atoms with E-state index in [4.69, 9.17) is 23.2 Å². The van der Waals surface area contributed by atoms with Gasteiger partial charge in [-0.1, -0.05) is 29.3 Å². The molecule has 0 unspecified atom stereocenters. The van der Waals surface area contributed by atoms with Crippen LogP contribution in [0.25, 0.3) is 0 Å². The lowest BCUT2D eigenvalue weighted by Gasteiger charge is -2.27. The van der Waals surface area contributed by atoms with Crippen molar-refractivity contribution in [3.05, 3.63) is 28.2 Å². The van der Waals surface area contributed by atoms with E-state index in [2.05, 4.69) is 10.0 Å². The first kappa shape index (κ1) is 12.1. The van der Waals surface area contributed by atoms with Gasteiger partial charge in [-0.2, -0.15) is 0 Å². The average molecular weight is 281 g/mol. The maximum absolute atomic E-state index is 11.9. The average Bonchev–Trinajstić information content (AvgIpc) is 2.16. The minimum atomic E-state index is -3.58. The Hall–Kier alpha value is -0.330. The largest absolute Gasteiger partial charge is 0.313 e. The molecule has 1 saturated heterocycles. The number of sulfonamides is 1. The van der Waals surface area contributed by atoms with Crippen LogP contribution in [0.15, 0.2) is 23.1 Å². The monoisotopic (exact) mass is 280 g/mol. The summed E-state index contributed by atoms with van der Waals surface area (Å²) in [5.74, 6) is 0. The van der Waals surface area contributed by atoms with Crippen molar-refractivity contribution < 1.29 is 8.42 Å². The third-order valence-electron chi connectivity index (χ3n) is 2.31. The van der Waals surface area contributed by atoms with Crippen LogP contribution in [0.1, 0.15) is 0 Å². The summed E-state index contributed by atoms with van der Waals surface area (Å²) < 4.78 is 26.4. The molecule has 1 fully saturated rings. The molecule has 1 aliphatic heterocycles. The molecule has 88 valence electrons. The molecular weight excluding hydrogens is 271 g/mol. The van der Waals surface area contributed by atoms with Gasteiger partial charge in [0.1, 0.15) is 4.90 Å². The molecule has 1 aromatic rings. The normalized spacial score (nSPS) is 17.1. The van der Waals surface area contributed by atoms with Crippen LogP contribution in [0, 0.1) is 0 Å². The molecular formula is C9H10Cl2N2O2S. The molecule has 1 aliphatic rings. The zero-order chi connectivity index (χ0) is 11.8.